The van der Waals surface area contributed by atoms with E-state index in [0.29, 0.717) is 6.42 Å². The molecule has 0 aromatic heterocycles. The number of carbonyl (C=O) groups excluding carboxylic acids is 1. The molecule has 3 heteroatoms. The largest absolute Gasteiger partial charge is 0.386 e. The number of halogens is 1. The summed E-state index contributed by atoms with van der Waals surface area (Å²) in [4.78, 5) is 11.3. The summed E-state index contributed by atoms with van der Waals surface area (Å²) in [6.07, 6.45) is -0.587. The summed E-state index contributed by atoms with van der Waals surface area (Å²) >= 11 is 3.35. The van der Waals surface area contributed by atoms with Crippen molar-refractivity contribution in [3.05, 3.63) is 33.8 Å². The lowest BCUT2D eigenvalue weighted by atomic mass is 10.0. The highest BCUT2D eigenvalue weighted by molar-refractivity contribution is 9.10. The van der Waals surface area contributed by atoms with Gasteiger partial charge in [0.2, 0.25) is 0 Å². The van der Waals surface area contributed by atoms with Crippen LogP contribution in [0.1, 0.15) is 18.1 Å². The van der Waals surface area contributed by atoms with Crippen LogP contribution in [0.5, 0.6) is 0 Å². The van der Waals surface area contributed by atoms with E-state index < -0.39 is 6.10 Å². The first kappa shape index (κ1) is 11.4. The van der Waals surface area contributed by atoms with Gasteiger partial charge in [-0.2, -0.15) is 0 Å². The number of aliphatic hydroxyl groups is 1. The molecule has 0 saturated heterocycles. The summed E-state index contributed by atoms with van der Waals surface area (Å²) in [6.45, 7) is 3.45. The van der Waals surface area contributed by atoms with Gasteiger partial charge in [0.25, 0.3) is 0 Å². The zero-order chi connectivity index (χ0) is 10.7. The molecule has 0 radical (unpaired) electrons. The third kappa shape index (κ3) is 2.93. The van der Waals surface area contributed by atoms with Crippen molar-refractivity contribution in [3.8, 4) is 0 Å². The van der Waals surface area contributed by atoms with Gasteiger partial charge in [0, 0.05) is 10.9 Å². The number of Topliss-reactive ketones (excluding diaryl/α,β-unsaturated/α-hetero) is 1. The third-order valence-corrected chi connectivity index (χ3v) is 2.64. The molecule has 2 nitrogen and oxygen atoms in total. The monoisotopic (exact) mass is 256 g/mol. The van der Waals surface area contributed by atoms with Crippen LogP contribution in [-0.4, -0.2) is 17.0 Å². The van der Waals surface area contributed by atoms with Gasteiger partial charge in [-0.25, -0.2) is 0 Å². The van der Waals surface area contributed by atoms with Crippen molar-refractivity contribution >= 4 is 21.7 Å². The molecule has 0 fully saturated rings. The normalized spacial score (nSPS) is 12.6. The van der Waals surface area contributed by atoms with E-state index in [9.17, 15) is 4.79 Å². The second-order valence-electron chi connectivity index (χ2n) is 3.39. The fraction of sp³-hybridized carbons (Fsp3) is 0.364. The number of carbonyl (C=O) groups is 1. The van der Waals surface area contributed by atoms with Gasteiger partial charge in [-0.05, 0) is 37.1 Å². The lowest BCUT2D eigenvalue weighted by Crippen LogP contribution is -2.18. The van der Waals surface area contributed by atoms with E-state index in [1.165, 1.54) is 6.92 Å². The molecule has 1 rings (SSSR count). The summed E-state index contributed by atoms with van der Waals surface area (Å²) in [5, 5.41) is 9.08. The van der Waals surface area contributed by atoms with Gasteiger partial charge < -0.3 is 5.11 Å². The topological polar surface area (TPSA) is 37.3 Å². The molecule has 0 amide bonds. The van der Waals surface area contributed by atoms with Crippen molar-refractivity contribution in [2.75, 3.05) is 0 Å². The second-order valence-corrected chi connectivity index (χ2v) is 4.31. The first-order chi connectivity index (χ1) is 6.50. The maximum absolute atomic E-state index is 11.3. The molecule has 0 saturated carbocycles. The molecule has 0 aliphatic heterocycles. The number of aryl methyl sites for hydroxylation is 1. The van der Waals surface area contributed by atoms with Gasteiger partial charge in [-0.3, -0.25) is 4.79 Å². The molecule has 76 valence electrons. The smallest absolute Gasteiger partial charge is 0.165 e. The average Bonchev–Trinajstić information content (AvgIpc) is 2.11. The van der Waals surface area contributed by atoms with E-state index in [1.807, 2.05) is 25.1 Å². The Morgan fingerprint density at radius 1 is 1.57 bits per heavy atom. The average molecular weight is 257 g/mol. The van der Waals surface area contributed by atoms with Gasteiger partial charge in [-0.15, -0.1) is 0 Å². The van der Waals surface area contributed by atoms with Gasteiger partial charge in [-0.1, -0.05) is 22.0 Å². The van der Waals surface area contributed by atoms with Crippen LogP contribution in [0.2, 0.25) is 0 Å². The molecule has 0 aliphatic rings. The number of rotatable bonds is 3. The van der Waals surface area contributed by atoms with Crippen LogP contribution in [0.15, 0.2) is 22.7 Å². The van der Waals surface area contributed by atoms with Crippen LogP contribution in [0.3, 0.4) is 0 Å². The standard InChI is InChI=1S/C11H13BrO2/c1-7-3-4-10(12)5-9(7)6-11(14)8(2)13/h3-5,8,13H,6H2,1-2H3. The molecule has 1 unspecified atom stereocenters. The minimum Gasteiger partial charge on any atom is -0.386 e. The fourth-order valence-corrected chi connectivity index (χ4v) is 1.57. The van der Waals surface area contributed by atoms with E-state index in [1.54, 1.807) is 0 Å². The number of hydrogen-bond acceptors (Lipinski definition) is 2. The summed E-state index contributed by atoms with van der Waals surface area (Å²) in [7, 11) is 0. The van der Waals surface area contributed by atoms with Crippen molar-refractivity contribution in [3.63, 3.8) is 0 Å². The highest BCUT2D eigenvalue weighted by Gasteiger charge is 2.11. The Bertz CT molecular complexity index is 345. The van der Waals surface area contributed by atoms with E-state index in [4.69, 9.17) is 5.11 Å². The predicted molar refractivity (Wildman–Crippen MR) is 59.3 cm³/mol. The van der Waals surface area contributed by atoms with Crippen LogP contribution in [0.4, 0.5) is 0 Å². The first-order valence-corrected chi connectivity index (χ1v) is 5.26. The lowest BCUT2D eigenvalue weighted by molar-refractivity contribution is -0.125. The van der Waals surface area contributed by atoms with E-state index in [0.717, 1.165) is 15.6 Å². The van der Waals surface area contributed by atoms with Crippen LogP contribution in [0.25, 0.3) is 0 Å². The Morgan fingerprint density at radius 3 is 2.79 bits per heavy atom. The van der Waals surface area contributed by atoms with E-state index >= 15 is 0 Å². The number of aliphatic hydroxyl groups excluding tert-OH is 1. The van der Waals surface area contributed by atoms with Crippen molar-refractivity contribution in [1.29, 1.82) is 0 Å². The fourth-order valence-electron chi connectivity index (χ4n) is 1.17. The van der Waals surface area contributed by atoms with Crippen LogP contribution >= 0.6 is 15.9 Å². The summed E-state index contributed by atoms with van der Waals surface area (Å²) in [5.41, 5.74) is 2.03. The van der Waals surface area contributed by atoms with Crippen LogP contribution in [0, 0.1) is 6.92 Å². The molecule has 1 aromatic rings. The minimum absolute atomic E-state index is 0.147. The molecule has 0 spiro atoms. The van der Waals surface area contributed by atoms with Crippen molar-refractivity contribution in [2.24, 2.45) is 0 Å². The molecule has 0 heterocycles. The second kappa shape index (κ2) is 4.71. The lowest BCUT2D eigenvalue weighted by Gasteiger charge is -2.07. The maximum atomic E-state index is 11.3. The molecule has 1 aromatic carbocycles. The molecule has 14 heavy (non-hydrogen) atoms. The van der Waals surface area contributed by atoms with Gasteiger partial charge in [0.1, 0.15) is 6.10 Å². The van der Waals surface area contributed by atoms with Crippen molar-refractivity contribution < 1.29 is 9.90 Å². The molecule has 0 aliphatic carbocycles. The highest BCUT2D eigenvalue weighted by atomic mass is 79.9. The van der Waals surface area contributed by atoms with Gasteiger partial charge >= 0.3 is 0 Å². The van der Waals surface area contributed by atoms with Gasteiger partial charge in [0.05, 0.1) is 0 Å². The molecule has 0 bridgehead atoms. The molecule has 1 N–H and O–H groups in total. The third-order valence-electron chi connectivity index (χ3n) is 2.14. The van der Waals surface area contributed by atoms with Gasteiger partial charge in [0.15, 0.2) is 5.78 Å². The van der Waals surface area contributed by atoms with E-state index in [-0.39, 0.29) is 5.78 Å². The Balaban J connectivity index is 2.86. The summed E-state index contributed by atoms with van der Waals surface area (Å²) in [5.74, 6) is -0.147. The van der Waals surface area contributed by atoms with E-state index in [2.05, 4.69) is 15.9 Å². The first-order valence-electron chi connectivity index (χ1n) is 4.46. The Labute approximate surface area is 92.1 Å². The molecular formula is C11H13BrO2. The quantitative estimate of drug-likeness (QED) is 0.901. The molecular weight excluding hydrogens is 244 g/mol. The number of hydrogen-bond donors (Lipinski definition) is 1. The minimum atomic E-state index is -0.881. The van der Waals surface area contributed by atoms with Crippen LogP contribution in [-0.2, 0) is 11.2 Å². The maximum Gasteiger partial charge on any atom is 0.165 e. The zero-order valence-electron chi connectivity index (χ0n) is 8.25. The Kier molecular flexibility index (Phi) is 3.84. The Morgan fingerprint density at radius 2 is 2.21 bits per heavy atom. The number of ketones is 1. The summed E-state index contributed by atoms with van der Waals surface area (Å²) in [6, 6.07) is 5.80. The SMILES string of the molecule is Cc1ccc(Br)cc1CC(=O)C(C)O. The van der Waals surface area contributed by atoms with Crippen LogP contribution < -0.4 is 0 Å². The van der Waals surface area contributed by atoms with Crippen molar-refractivity contribution in [2.45, 2.75) is 26.4 Å². The summed E-state index contributed by atoms with van der Waals surface area (Å²) < 4.78 is 0.955. The number of benzene rings is 1. The predicted octanol–water partition coefficient (Wildman–Crippen LogP) is 2.25. The van der Waals surface area contributed by atoms with Crippen molar-refractivity contribution in [1.82, 2.24) is 0 Å². The Hall–Kier alpha value is -0.670. The highest BCUT2D eigenvalue weighted by Crippen LogP contribution is 2.17. The zero-order valence-corrected chi connectivity index (χ0v) is 9.84. The molecule has 1 atom stereocenters.